The third-order valence-electron chi connectivity index (χ3n) is 3.25. The van der Waals surface area contributed by atoms with Crippen LogP contribution in [0.3, 0.4) is 0 Å². The van der Waals surface area contributed by atoms with Crippen LogP contribution in [0.5, 0.6) is 0 Å². The summed E-state index contributed by atoms with van der Waals surface area (Å²) in [6.07, 6.45) is 1.91. The Kier molecular flexibility index (Phi) is 4.40. The van der Waals surface area contributed by atoms with Crippen molar-refractivity contribution in [2.45, 2.75) is 6.54 Å². The second-order valence-electron chi connectivity index (χ2n) is 4.55. The van der Waals surface area contributed by atoms with E-state index in [0.29, 0.717) is 6.54 Å². The minimum atomic E-state index is 0.709. The van der Waals surface area contributed by atoms with Crippen molar-refractivity contribution in [3.05, 3.63) is 39.7 Å². The molecule has 4 nitrogen and oxygen atoms in total. The molecule has 2 aromatic heterocycles. The normalized spacial score (nSPS) is 15.3. The summed E-state index contributed by atoms with van der Waals surface area (Å²) in [4.78, 5) is 7.87. The molecule has 1 saturated heterocycles. The van der Waals surface area contributed by atoms with Crippen molar-refractivity contribution >= 4 is 34.4 Å². The van der Waals surface area contributed by atoms with Crippen LogP contribution in [0.2, 0.25) is 5.02 Å². The van der Waals surface area contributed by atoms with E-state index in [1.807, 2.05) is 23.7 Å². The Morgan fingerprint density at radius 3 is 2.80 bits per heavy atom. The number of hydrogen-bond donors (Lipinski definition) is 1. The van der Waals surface area contributed by atoms with Gasteiger partial charge in [0.25, 0.3) is 0 Å². The number of thiophene rings is 1. The van der Waals surface area contributed by atoms with E-state index < -0.39 is 0 Å². The zero-order valence-electron chi connectivity index (χ0n) is 11.0. The van der Waals surface area contributed by atoms with E-state index in [1.54, 1.807) is 11.3 Å². The van der Waals surface area contributed by atoms with Crippen LogP contribution >= 0.6 is 22.9 Å². The van der Waals surface area contributed by atoms with Gasteiger partial charge in [-0.1, -0.05) is 11.6 Å². The van der Waals surface area contributed by atoms with Crippen LogP contribution in [0.4, 0.5) is 11.5 Å². The van der Waals surface area contributed by atoms with Gasteiger partial charge >= 0.3 is 0 Å². The molecule has 0 spiro atoms. The molecule has 0 atom stereocenters. The summed E-state index contributed by atoms with van der Waals surface area (Å²) in [5, 5.41) is 6.10. The fraction of sp³-hybridized carbons (Fsp3) is 0.357. The standard InChI is InChI=1S/C14H16ClN3OS/c15-12-3-8-20-13(12)10-17-14-2-1-11(9-16-14)18-4-6-19-7-5-18/h1-3,8-9H,4-7,10H2,(H,16,17). The Balaban J connectivity index is 1.59. The second-order valence-corrected chi connectivity index (χ2v) is 5.95. The molecule has 1 fully saturated rings. The summed E-state index contributed by atoms with van der Waals surface area (Å²) in [6.45, 7) is 4.15. The molecule has 6 heteroatoms. The summed E-state index contributed by atoms with van der Waals surface area (Å²) < 4.78 is 5.35. The van der Waals surface area contributed by atoms with Crippen LogP contribution in [-0.2, 0) is 11.3 Å². The van der Waals surface area contributed by atoms with Gasteiger partial charge in [0.1, 0.15) is 5.82 Å². The van der Waals surface area contributed by atoms with Crippen molar-refractivity contribution < 1.29 is 4.74 Å². The number of nitrogens with zero attached hydrogens (tertiary/aromatic N) is 2. The number of nitrogens with one attached hydrogen (secondary N) is 1. The average Bonchev–Trinajstić information content (AvgIpc) is 2.92. The Morgan fingerprint density at radius 1 is 1.30 bits per heavy atom. The summed E-state index contributed by atoms with van der Waals surface area (Å²) >= 11 is 7.71. The summed E-state index contributed by atoms with van der Waals surface area (Å²) in [5.74, 6) is 0.867. The Hall–Kier alpha value is -1.30. The van der Waals surface area contributed by atoms with Gasteiger partial charge in [0.05, 0.1) is 36.7 Å². The van der Waals surface area contributed by atoms with Gasteiger partial charge in [-0.25, -0.2) is 4.98 Å². The van der Waals surface area contributed by atoms with E-state index in [2.05, 4.69) is 21.3 Å². The molecule has 1 N–H and O–H groups in total. The SMILES string of the molecule is Clc1ccsc1CNc1ccc(N2CCOCC2)cn1. The lowest BCUT2D eigenvalue weighted by atomic mass is 10.3. The van der Waals surface area contributed by atoms with Gasteiger partial charge < -0.3 is 15.0 Å². The predicted molar refractivity (Wildman–Crippen MR) is 83.9 cm³/mol. The molecule has 0 radical (unpaired) electrons. The fourth-order valence-corrected chi connectivity index (χ4v) is 3.16. The molecule has 0 amide bonds. The maximum atomic E-state index is 6.06. The third kappa shape index (κ3) is 3.23. The first-order chi connectivity index (χ1) is 9.83. The molecular weight excluding hydrogens is 294 g/mol. The predicted octanol–water partition coefficient (Wildman–Crippen LogP) is 3.25. The number of anilines is 2. The summed E-state index contributed by atoms with van der Waals surface area (Å²) in [5.41, 5.74) is 1.15. The fourth-order valence-electron chi connectivity index (χ4n) is 2.12. The lowest BCUT2D eigenvalue weighted by Crippen LogP contribution is -2.36. The van der Waals surface area contributed by atoms with Crippen LogP contribution in [-0.4, -0.2) is 31.3 Å². The third-order valence-corrected chi connectivity index (χ3v) is 4.63. The highest BCUT2D eigenvalue weighted by Gasteiger charge is 2.11. The zero-order valence-corrected chi connectivity index (χ0v) is 12.6. The largest absolute Gasteiger partial charge is 0.378 e. The van der Waals surface area contributed by atoms with Gasteiger partial charge in [-0.3, -0.25) is 0 Å². The van der Waals surface area contributed by atoms with Gasteiger partial charge in [-0.15, -0.1) is 11.3 Å². The summed E-state index contributed by atoms with van der Waals surface area (Å²) in [6, 6.07) is 6.02. The molecule has 0 bridgehead atoms. The van der Waals surface area contributed by atoms with Crippen LogP contribution in [0, 0.1) is 0 Å². The molecule has 20 heavy (non-hydrogen) atoms. The van der Waals surface area contributed by atoms with Crippen LogP contribution in [0.1, 0.15) is 4.88 Å². The minimum Gasteiger partial charge on any atom is -0.378 e. The van der Waals surface area contributed by atoms with Crippen molar-refractivity contribution in [3.8, 4) is 0 Å². The number of pyridine rings is 1. The molecule has 2 aromatic rings. The van der Waals surface area contributed by atoms with Gasteiger partial charge in [0.15, 0.2) is 0 Å². The lowest BCUT2D eigenvalue weighted by molar-refractivity contribution is 0.122. The molecule has 3 rings (SSSR count). The maximum Gasteiger partial charge on any atom is 0.126 e. The molecule has 0 aromatic carbocycles. The number of hydrogen-bond acceptors (Lipinski definition) is 5. The Bertz CT molecular complexity index is 552. The monoisotopic (exact) mass is 309 g/mol. The van der Waals surface area contributed by atoms with E-state index in [-0.39, 0.29) is 0 Å². The molecule has 0 aliphatic carbocycles. The smallest absolute Gasteiger partial charge is 0.126 e. The highest BCUT2D eigenvalue weighted by atomic mass is 35.5. The maximum absolute atomic E-state index is 6.06. The first-order valence-corrected chi connectivity index (χ1v) is 7.83. The van der Waals surface area contributed by atoms with Gasteiger partial charge in [-0.05, 0) is 23.6 Å². The van der Waals surface area contributed by atoms with Gasteiger partial charge in [0.2, 0.25) is 0 Å². The molecule has 0 saturated carbocycles. The van der Waals surface area contributed by atoms with Gasteiger partial charge in [-0.2, -0.15) is 0 Å². The first kappa shape index (κ1) is 13.7. The first-order valence-electron chi connectivity index (χ1n) is 6.57. The molecule has 3 heterocycles. The Morgan fingerprint density at radius 2 is 2.15 bits per heavy atom. The van der Waals surface area contributed by atoms with E-state index in [9.17, 15) is 0 Å². The van der Waals surface area contributed by atoms with Crippen molar-refractivity contribution in [1.82, 2.24) is 4.98 Å². The van der Waals surface area contributed by atoms with Crippen molar-refractivity contribution in [1.29, 1.82) is 0 Å². The van der Waals surface area contributed by atoms with Gasteiger partial charge in [0, 0.05) is 18.0 Å². The van der Waals surface area contributed by atoms with E-state index >= 15 is 0 Å². The van der Waals surface area contributed by atoms with Crippen LogP contribution < -0.4 is 10.2 Å². The quantitative estimate of drug-likeness (QED) is 0.941. The van der Waals surface area contributed by atoms with Crippen molar-refractivity contribution in [3.63, 3.8) is 0 Å². The summed E-state index contributed by atoms with van der Waals surface area (Å²) in [7, 11) is 0. The molecule has 1 aliphatic heterocycles. The van der Waals surface area contributed by atoms with Crippen LogP contribution in [0.25, 0.3) is 0 Å². The number of morpholine rings is 1. The zero-order chi connectivity index (χ0) is 13.8. The minimum absolute atomic E-state index is 0.709. The van der Waals surface area contributed by atoms with Crippen molar-refractivity contribution in [2.75, 3.05) is 36.5 Å². The van der Waals surface area contributed by atoms with Crippen LogP contribution in [0.15, 0.2) is 29.8 Å². The number of rotatable bonds is 4. The highest BCUT2D eigenvalue weighted by Crippen LogP contribution is 2.23. The number of aromatic nitrogens is 1. The topological polar surface area (TPSA) is 37.4 Å². The van der Waals surface area contributed by atoms with Crippen molar-refractivity contribution in [2.24, 2.45) is 0 Å². The molecular formula is C14H16ClN3OS. The number of ether oxygens (including phenoxy) is 1. The Labute approximate surface area is 127 Å². The van der Waals surface area contributed by atoms with E-state index in [1.165, 1.54) is 0 Å². The molecule has 0 unspecified atom stereocenters. The lowest BCUT2D eigenvalue weighted by Gasteiger charge is -2.28. The van der Waals surface area contributed by atoms with E-state index in [4.69, 9.17) is 16.3 Å². The molecule has 106 valence electrons. The van der Waals surface area contributed by atoms with E-state index in [0.717, 1.165) is 47.7 Å². The average molecular weight is 310 g/mol. The second kappa shape index (κ2) is 6.43. The number of halogens is 1. The highest BCUT2D eigenvalue weighted by molar-refractivity contribution is 7.10. The molecule has 1 aliphatic rings.